The first-order valence-electron chi connectivity index (χ1n) is 5.51. The molecule has 0 saturated carbocycles. The van der Waals surface area contributed by atoms with E-state index in [0.29, 0.717) is 4.47 Å². The minimum absolute atomic E-state index is 0.0275. The molecule has 100 valence electrons. The van der Waals surface area contributed by atoms with Gasteiger partial charge in [0.1, 0.15) is 17.6 Å². The fourth-order valence-corrected chi connectivity index (χ4v) is 1.81. The highest BCUT2D eigenvalue weighted by Gasteiger charge is 2.11. The van der Waals surface area contributed by atoms with Crippen molar-refractivity contribution in [3.05, 3.63) is 57.8 Å². The summed E-state index contributed by atoms with van der Waals surface area (Å²) in [6, 6.07) is 9.62. The minimum Gasteiger partial charge on any atom is -0.507 e. The summed E-state index contributed by atoms with van der Waals surface area (Å²) in [5.41, 5.74) is 0.458. The van der Waals surface area contributed by atoms with E-state index >= 15 is 0 Å². The summed E-state index contributed by atoms with van der Waals surface area (Å²) in [7, 11) is 0. The van der Waals surface area contributed by atoms with Crippen LogP contribution in [0.3, 0.4) is 0 Å². The molecule has 0 saturated heterocycles. The maximum atomic E-state index is 13.0. The molecule has 6 heteroatoms. The summed E-state index contributed by atoms with van der Waals surface area (Å²) in [6.07, 6.45) is 0. The summed E-state index contributed by atoms with van der Waals surface area (Å²) in [6.45, 7) is 0. The number of nitrogens with one attached hydrogen (secondary N) is 1. The largest absolute Gasteiger partial charge is 0.507 e. The van der Waals surface area contributed by atoms with Crippen molar-refractivity contribution in [1.82, 2.24) is 0 Å². The quantitative estimate of drug-likeness (QED) is 0.883. The van der Waals surface area contributed by atoms with E-state index < -0.39 is 11.7 Å². The van der Waals surface area contributed by atoms with E-state index in [0.717, 1.165) is 12.1 Å². The molecule has 0 radical (unpaired) electrons. The van der Waals surface area contributed by atoms with Crippen LogP contribution in [-0.4, -0.2) is 11.0 Å². The van der Waals surface area contributed by atoms with Crippen LogP contribution < -0.4 is 5.32 Å². The van der Waals surface area contributed by atoms with Crippen molar-refractivity contribution < 1.29 is 14.3 Å². The zero-order valence-electron chi connectivity index (χ0n) is 10.0. The van der Waals surface area contributed by atoms with Crippen molar-refractivity contribution in [2.24, 2.45) is 0 Å². The van der Waals surface area contributed by atoms with Crippen LogP contribution in [0.25, 0.3) is 0 Å². The third-order valence-corrected chi connectivity index (χ3v) is 3.23. The van der Waals surface area contributed by atoms with Gasteiger partial charge in [0.25, 0.3) is 5.91 Å². The summed E-state index contributed by atoms with van der Waals surface area (Å²) < 4.78 is 13.5. The van der Waals surface area contributed by atoms with Gasteiger partial charge in [0.15, 0.2) is 0 Å². The molecule has 2 N–H and O–H groups in total. The molecule has 0 fully saturated rings. The van der Waals surface area contributed by atoms with Gasteiger partial charge in [-0.05, 0) is 52.3 Å². The first kappa shape index (κ1) is 14.0. The van der Waals surface area contributed by atoms with E-state index in [2.05, 4.69) is 21.2 Å². The molecule has 0 aliphatic heterocycles. The van der Waals surface area contributed by atoms with Crippen molar-refractivity contribution in [1.29, 1.82) is 5.26 Å². The van der Waals surface area contributed by atoms with Crippen molar-refractivity contribution in [2.45, 2.75) is 0 Å². The second-order valence-corrected chi connectivity index (χ2v) is 4.78. The Labute approximate surface area is 122 Å². The number of carbonyl (C=O) groups excluding carboxylic acids is 1. The SMILES string of the molecule is N#Cc1cc(F)ccc1NC(=O)c1ccc(Br)c(O)c1. The number of hydrogen-bond acceptors (Lipinski definition) is 3. The molecule has 0 spiro atoms. The highest BCUT2D eigenvalue weighted by Crippen LogP contribution is 2.25. The number of hydrogen-bond donors (Lipinski definition) is 2. The topological polar surface area (TPSA) is 73.1 Å². The first-order chi connectivity index (χ1) is 9.51. The number of phenols is 1. The lowest BCUT2D eigenvalue weighted by Gasteiger charge is -2.08. The van der Waals surface area contributed by atoms with Gasteiger partial charge in [-0.3, -0.25) is 4.79 Å². The molecule has 0 aromatic heterocycles. The molecule has 0 atom stereocenters. The normalized spacial score (nSPS) is 9.85. The summed E-state index contributed by atoms with van der Waals surface area (Å²) in [5.74, 6) is -1.13. The fraction of sp³-hybridized carbons (Fsp3) is 0. The van der Waals surface area contributed by atoms with E-state index in [4.69, 9.17) is 5.26 Å². The maximum absolute atomic E-state index is 13.0. The van der Waals surface area contributed by atoms with Crippen LogP contribution in [0.15, 0.2) is 40.9 Å². The number of rotatable bonds is 2. The van der Waals surface area contributed by atoms with Gasteiger partial charge < -0.3 is 10.4 Å². The smallest absolute Gasteiger partial charge is 0.255 e. The van der Waals surface area contributed by atoms with E-state index in [9.17, 15) is 14.3 Å². The molecule has 0 heterocycles. The lowest BCUT2D eigenvalue weighted by Crippen LogP contribution is -2.12. The van der Waals surface area contributed by atoms with E-state index in [-0.39, 0.29) is 22.6 Å². The van der Waals surface area contributed by atoms with E-state index in [1.54, 1.807) is 6.07 Å². The highest BCUT2D eigenvalue weighted by molar-refractivity contribution is 9.10. The molecular formula is C14H8BrFN2O2. The van der Waals surface area contributed by atoms with Crippen LogP contribution in [0.2, 0.25) is 0 Å². The van der Waals surface area contributed by atoms with Gasteiger partial charge in [-0.1, -0.05) is 0 Å². The van der Waals surface area contributed by atoms with Gasteiger partial charge in [0.05, 0.1) is 15.7 Å². The molecule has 2 aromatic carbocycles. The van der Waals surface area contributed by atoms with E-state index in [1.165, 1.54) is 24.3 Å². The minimum atomic E-state index is -0.555. The summed E-state index contributed by atoms with van der Waals surface area (Å²) in [5, 5.41) is 20.9. The van der Waals surface area contributed by atoms with Gasteiger partial charge >= 0.3 is 0 Å². The van der Waals surface area contributed by atoms with E-state index in [1.807, 2.05) is 0 Å². The highest BCUT2D eigenvalue weighted by atomic mass is 79.9. The number of nitrogens with zero attached hydrogens (tertiary/aromatic N) is 1. The number of amides is 1. The number of anilines is 1. The molecular weight excluding hydrogens is 327 g/mol. The summed E-state index contributed by atoms with van der Waals surface area (Å²) in [4.78, 5) is 12.0. The molecule has 4 nitrogen and oxygen atoms in total. The number of nitriles is 1. The number of benzene rings is 2. The maximum Gasteiger partial charge on any atom is 0.255 e. The van der Waals surface area contributed by atoms with Crippen molar-refractivity contribution in [2.75, 3.05) is 5.32 Å². The van der Waals surface area contributed by atoms with Crippen LogP contribution in [0.4, 0.5) is 10.1 Å². The Balaban J connectivity index is 2.28. The second kappa shape index (κ2) is 5.72. The number of aromatic hydroxyl groups is 1. The monoisotopic (exact) mass is 334 g/mol. The van der Waals surface area contributed by atoms with Gasteiger partial charge in [-0.15, -0.1) is 0 Å². The molecule has 0 unspecified atom stereocenters. The standard InChI is InChI=1S/C14H8BrFN2O2/c15-11-3-1-8(6-13(11)19)14(20)18-12-4-2-10(16)5-9(12)7-17/h1-6,19H,(H,18,20). The third kappa shape index (κ3) is 2.95. The first-order valence-corrected chi connectivity index (χ1v) is 6.30. The predicted octanol–water partition coefficient (Wildman–Crippen LogP) is 3.42. The molecule has 0 aliphatic carbocycles. The van der Waals surface area contributed by atoms with Gasteiger partial charge in [-0.2, -0.15) is 5.26 Å². The third-order valence-electron chi connectivity index (χ3n) is 2.56. The molecule has 2 aromatic rings. The zero-order valence-corrected chi connectivity index (χ0v) is 11.6. The van der Waals surface area contributed by atoms with Crippen LogP contribution in [-0.2, 0) is 0 Å². The van der Waals surface area contributed by atoms with Crippen LogP contribution in [0, 0.1) is 17.1 Å². The Morgan fingerprint density at radius 1 is 1.30 bits per heavy atom. The molecule has 2 rings (SSSR count). The molecule has 20 heavy (non-hydrogen) atoms. The van der Waals surface area contributed by atoms with Crippen molar-refractivity contribution >= 4 is 27.5 Å². The predicted molar refractivity (Wildman–Crippen MR) is 74.9 cm³/mol. The molecule has 0 bridgehead atoms. The van der Waals surface area contributed by atoms with Crippen molar-refractivity contribution in [3.8, 4) is 11.8 Å². The Morgan fingerprint density at radius 2 is 2.05 bits per heavy atom. The van der Waals surface area contributed by atoms with Crippen LogP contribution in [0.5, 0.6) is 5.75 Å². The van der Waals surface area contributed by atoms with Gasteiger partial charge in [-0.25, -0.2) is 4.39 Å². The average Bonchev–Trinajstić information content (AvgIpc) is 2.43. The number of phenolic OH excluding ortho intramolecular Hbond substituents is 1. The zero-order chi connectivity index (χ0) is 14.7. The molecule has 0 aliphatic rings. The Kier molecular flexibility index (Phi) is 4.01. The molecule has 1 amide bonds. The summed E-state index contributed by atoms with van der Waals surface area (Å²) >= 11 is 3.11. The van der Waals surface area contributed by atoms with Crippen LogP contribution in [0.1, 0.15) is 15.9 Å². The number of carbonyl (C=O) groups is 1. The average molecular weight is 335 g/mol. The lowest BCUT2D eigenvalue weighted by atomic mass is 10.1. The van der Waals surface area contributed by atoms with Gasteiger partial charge in [0.2, 0.25) is 0 Å². The van der Waals surface area contributed by atoms with Gasteiger partial charge in [0, 0.05) is 5.56 Å². The Morgan fingerprint density at radius 3 is 2.70 bits per heavy atom. The fourth-order valence-electron chi connectivity index (χ4n) is 1.57. The van der Waals surface area contributed by atoms with Crippen molar-refractivity contribution in [3.63, 3.8) is 0 Å². The van der Waals surface area contributed by atoms with Crippen LogP contribution >= 0.6 is 15.9 Å². The number of halogens is 2. The second-order valence-electron chi connectivity index (χ2n) is 3.92. The Hall–Kier alpha value is -2.39. The Bertz CT molecular complexity index is 726. The lowest BCUT2D eigenvalue weighted by molar-refractivity contribution is 0.102.